The summed E-state index contributed by atoms with van der Waals surface area (Å²) in [6, 6.07) is -0.726. The summed E-state index contributed by atoms with van der Waals surface area (Å²) in [7, 11) is 0. The van der Waals surface area contributed by atoms with Crippen LogP contribution in [-0.2, 0) is 14.3 Å². The summed E-state index contributed by atoms with van der Waals surface area (Å²) in [5.74, 6) is -0.156. The molecule has 416 valence electrons. The van der Waals surface area contributed by atoms with Crippen molar-refractivity contribution in [1.29, 1.82) is 0 Å². The monoisotopic (exact) mass is 1020 g/mol. The van der Waals surface area contributed by atoms with Crippen molar-refractivity contribution in [1.82, 2.24) is 5.32 Å². The molecule has 0 spiro atoms. The first-order valence-corrected chi connectivity index (χ1v) is 29.2. The summed E-state index contributed by atoms with van der Waals surface area (Å²) < 4.78 is 11.3. The number of hydrogen-bond donors (Lipinski definition) is 6. The van der Waals surface area contributed by atoms with Gasteiger partial charge >= 0.3 is 0 Å². The van der Waals surface area contributed by atoms with Crippen LogP contribution in [0.15, 0.2) is 122 Å². The molecule has 0 aromatic carbocycles. The highest BCUT2D eigenvalue weighted by molar-refractivity contribution is 5.76. The van der Waals surface area contributed by atoms with Crippen molar-refractivity contribution in [3.63, 3.8) is 0 Å². The van der Waals surface area contributed by atoms with E-state index in [1.54, 1.807) is 0 Å². The average Bonchev–Trinajstić information content (AvgIpc) is 3.39. The van der Waals surface area contributed by atoms with Crippen LogP contribution in [-0.4, -0.2) is 87.5 Å². The minimum Gasteiger partial charge on any atom is -0.394 e. The number of aliphatic hydroxyl groups is 5. The number of unbranched alkanes of at least 4 members (excludes halogenated alkanes) is 18. The molecule has 0 aromatic heterocycles. The molecular weight excluding hydrogens is 911 g/mol. The molecule has 73 heavy (non-hydrogen) atoms. The molecule has 1 fully saturated rings. The van der Waals surface area contributed by atoms with Crippen LogP contribution in [0.25, 0.3) is 0 Å². The van der Waals surface area contributed by atoms with Gasteiger partial charge in [0.15, 0.2) is 6.29 Å². The normalized spacial score (nSPS) is 20.0. The predicted molar refractivity (Wildman–Crippen MR) is 308 cm³/mol. The van der Waals surface area contributed by atoms with E-state index in [9.17, 15) is 30.3 Å². The maximum atomic E-state index is 13.0. The van der Waals surface area contributed by atoms with Gasteiger partial charge in [-0.05, 0) is 89.9 Å². The maximum Gasteiger partial charge on any atom is 0.220 e. The number of ether oxygens (including phenoxy) is 2. The van der Waals surface area contributed by atoms with Gasteiger partial charge in [0, 0.05) is 6.42 Å². The fourth-order valence-corrected chi connectivity index (χ4v) is 8.48. The second kappa shape index (κ2) is 52.0. The molecule has 1 amide bonds. The van der Waals surface area contributed by atoms with E-state index in [4.69, 9.17) is 9.47 Å². The molecule has 9 nitrogen and oxygen atoms in total. The second-order valence-electron chi connectivity index (χ2n) is 19.7. The third kappa shape index (κ3) is 41.5. The highest BCUT2D eigenvalue weighted by Crippen LogP contribution is 2.23. The molecule has 7 unspecified atom stereocenters. The van der Waals surface area contributed by atoms with Gasteiger partial charge in [-0.3, -0.25) is 4.79 Å². The smallest absolute Gasteiger partial charge is 0.220 e. The van der Waals surface area contributed by atoms with Crippen LogP contribution in [0.5, 0.6) is 0 Å². The molecular formula is C64H107NO8. The molecule has 6 N–H and O–H groups in total. The van der Waals surface area contributed by atoms with E-state index >= 15 is 0 Å². The molecule has 7 atom stereocenters. The average molecular weight is 1020 g/mol. The van der Waals surface area contributed by atoms with Crippen LogP contribution in [0.1, 0.15) is 219 Å². The van der Waals surface area contributed by atoms with Crippen molar-refractivity contribution >= 4 is 5.91 Å². The fourth-order valence-electron chi connectivity index (χ4n) is 8.48. The van der Waals surface area contributed by atoms with Gasteiger partial charge in [-0.25, -0.2) is 0 Å². The Bertz CT molecular complexity index is 1560. The van der Waals surface area contributed by atoms with Crippen LogP contribution in [0.2, 0.25) is 0 Å². The summed E-state index contributed by atoms with van der Waals surface area (Å²) in [5.41, 5.74) is 0. The van der Waals surface area contributed by atoms with Gasteiger partial charge < -0.3 is 40.3 Å². The van der Waals surface area contributed by atoms with Gasteiger partial charge in [-0.1, -0.05) is 245 Å². The molecule has 0 saturated carbocycles. The van der Waals surface area contributed by atoms with E-state index in [0.717, 1.165) is 109 Å². The first-order chi connectivity index (χ1) is 35.8. The van der Waals surface area contributed by atoms with E-state index < -0.39 is 49.5 Å². The molecule has 1 heterocycles. The topological polar surface area (TPSA) is 149 Å². The van der Waals surface area contributed by atoms with Crippen molar-refractivity contribution in [2.45, 2.75) is 262 Å². The highest BCUT2D eigenvalue weighted by Gasteiger charge is 2.44. The Labute approximate surface area is 446 Å². The van der Waals surface area contributed by atoms with Gasteiger partial charge in [0.25, 0.3) is 0 Å². The van der Waals surface area contributed by atoms with Crippen molar-refractivity contribution in [2.24, 2.45) is 0 Å². The molecule has 9 heteroatoms. The second-order valence-corrected chi connectivity index (χ2v) is 19.7. The van der Waals surface area contributed by atoms with E-state index in [1.165, 1.54) is 83.5 Å². The standard InChI is InChI=1S/C64H107NO8/c1-3-5-7-9-11-13-14-15-16-17-18-19-20-21-22-23-24-25-26-27-28-29-30-31-32-33-34-35-36-37-38-39-40-41-42-43-44-46-48-50-52-54-60(68)65-57(58(67)53-51-49-47-45-12-10-8-6-4-2)56-72-64-63(71)62(70)61(69)59(55-66)73-64/h5,7,11,13,15-16,18-19,21-22,24-25,27-28,30-31,33-34,36-37,57-59,61-64,66-67,69-71H,3-4,6,8-10,12,14,17,20,23,26,29,32,35,38-56H2,1-2H3,(H,65,68)/b7-5-,13-11-,16-15-,19-18-,22-21-,25-24-,28-27-,31-30-,34-33-,37-36-. The number of allylic oxidation sites excluding steroid dienone is 20. The van der Waals surface area contributed by atoms with Crippen LogP contribution < -0.4 is 5.32 Å². The van der Waals surface area contributed by atoms with E-state index in [2.05, 4.69) is 141 Å². The molecule has 0 aliphatic carbocycles. The predicted octanol–water partition coefficient (Wildman–Crippen LogP) is 14.7. The van der Waals surface area contributed by atoms with Gasteiger partial charge in [-0.15, -0.1) is 0 Å². The van der Waals surface area contributed by atoms with Crippen molar-refractivity contribution < 1.29 is 39.8 Å². The molecule has 1 rings (SSSR count). The first-order valence-electron chi connectivity index (χ1n) is 29.2. The number of carbonyl (C=O) groups excluding carboxylic acids is 1. The van der Waals surface area contributed by atoms with Crippen molar-refractivity contribution in [2.75, 3.05) is 13.2 Å². The summed E-state index contributed by atoms with van der Waals surface area (Å²) in [6.45, 7) is 3.68. The summed E-state index contributed by atoms with van der Waals surface area (Å²) >= 11 is 0. The van der Waals surface area contributed by atoms with Crippen LogP contribution in [0.4, 0.5) is 0 Å². The van der Waals surface area contributed by atoms with Crippen LogP contribution in [0, 0.1) is 0 Å². The van der Waals surface area contributed by atoms with Gasteiger partial charge in [0.2, 0.25) is 5.91 Å². The maximum absolute atomic E-state index is 13.0. The lowest BCUT2D eigenvalue weighted by atomic mass is 9.99. The zero-order valence-corrected chi connectivity index (χ0v) is 46.1. The van der Waals surface area contributed by atoms with Gasteiger partial charge in [0.1, 0.15) is 24.4 Å². The minimum atomic E-state index is -1.56. The Balaban J connectivity index is 2.09. The number of aliphatic hydroxyl groups excluding tert-OH is 5. The molecule has 1 aliphatic heterocycles. The Kier molecular flexibility index (Phi) is 48.2. The zero-order chi connectivity index (χ0) is 52.9. The minimum absolute atomic E-state index is 0.146. The van der Waals surface area contributed by atoms with Crippen molar-refractivity contribution in [3.8, 4) is 0 Å². The third-order valence-electron chi connectivity index (χ3n) is 13.1. The van der Waals surface area contributed by atoms with E-state index in [-0.39, 0.29) is 12.5 Å². The Hall–Kier alpha value is -3.41. The largest absolute Gasteiger partial charge is 0.394 e. The van der Waals surface area contributed by atoms with Crippen LogP contribution in [0.3, 0.4) is 0 Å². The lowest BCUT2D eigenvalue weighted by Crippen LogP contribution is -2.60. The number of rotatable bonds is 48. The first kappa shape index (κ1) is 67.6. The lowest BCUT2D eigenvalue weighted by Gasteiger charge is -2.40. The number of hydrogen-bond acceptors (Lipinski definition) is 8. The third-order valence-corrected chi connectivity index (χ3v) is 13.1. The highest BCUT2D eigenvalue weighted by atomic mass is 16.7. The Morgan fingerprint density at radius 1 is 0.479 bits per heavy atom. The number of carbonyl (C=O) groups is 1. The number of nitrogens with one attached hydrogen (secondary N) is 1. The Morgan fingerprint density at radius 3 is 1.26 bits per heavy atom. The van der Waals surface area contributed by atoms with Crippen LogP contribution >= 0.6 is 0 Å². The molecule has 1 saturated heterocycles. The molecule has 1 aliphatic rings. The fraction of sp³-hybridized carbons (Fsp3) is 0.672. The SMILES string of the molecule is CC/C=C\C/C=C\C/C=C\C/C=C\C/C=C\C/C=C\C/C=C\C/C=C\C/C=C\C/C=C\CCCCCCCCCCCCC(=O)NC(COC1OC(CO)C(O)C(O)C1O)C(O)CCCCCCCCCCC. The molecule has 0 radical (unpaired) electrons. The van der Waals surface area contributed by atoms with E-state index in [0.29, 0.717) is 12.8 Å². The number of amides is 1. The molecule has 0 aromatic rings. The van der Waals surface area contributed by atoms with Gasteiger partial charge in [-0.2, -0.15) is 0 Å². The van der Waals surface area contributed by atoms with Gasteiger partial charge in [0.05, 0.1) is 25.4 Å². The van der Waals surface area contributed by atoms with Crippen molar-refractivity contribution in [3.05, 3.63) is 122 Å². The zero-order valence-electron chi connectivity index (χ0n) is 46.1. The summed E-state index contributed by atoms with van der Waals surface area (Å²) in [6.07, 6.45) is 71.1. The summed E-state index contributed by atoms with van der Waals surface area (Å²) in [4.78, 5) is 13.0. The quantitative estimate of drug-likeness (QED) is 0.0261. The Morgan fingerprint density at radius 2 is 0.849 bits per heavy atom. The summed E-state index contributed by atoms with van der Waals surface area (Å²) in [5, 5.41) is 54.4. The van der Waals surface area contributed by atoms with E-state index in [1.807, 2.05) is 0 Å². The lowest BCUT2D eigenvalue weighted by molar-refractivity contribution is -0.302. The molecule has 0 bridgehead atoms.